The van der Waals surface area contributed by atoms with Gasteiger partial charge in [-0.15, -0.1) is 31.3 Å². The van der Waals surface area contributed by atoms with Crippen LogP contribution in [-0.4, -0.2) is 243 Å². The molecule has 0 radical (unpaired) electrons. The van der Waals surface area contributed by atoms with Crippen molar-refractivity contribution in [3.8, 4) is 0 Å². The van der Waals surface area contributed by atoms with E-state index in [1.165, 1.54) is 5.94 Å². The summed E-state index contributed by atoms with van der Waals surface area (Å²) in [4.78, 5) is 162. The van der Waals surface area contributed by atoms with Crippen molar-refractivity contribution in [1.82, 2.24) is 53.3 Å². The third-order valence-electron chi connectivity index (χ3n) is 8.83. The normalized spacial score (nSPS) is 9.01. The van der Waals surface area contributed by atoms with Crippen LogP contribution in [0.25, 0.3) is 0 Å². The molecule has 0 rings (SSSR count). The van der Waals surface area contributed by atoms with Gasteiger partial charge in [0.25, 0.3) is 0 Å². The molecule has 40 heteroatoms. The number of aldehydes is 3. The molecule has 0 fully saturated rings. The zero-order chi connectivity index (χ0) is 72.8. The Balaban J connectivity index is -0.0000000907. The lowest BCUT2D eigenvalue weighted by atomic mass is 10.3. The highest BCUT2D eigenvalue weighted by atomic mass is 17.3. The van der Waals surface area contributed by atoms with Gasteiger partial charge in [0.1, 0.15) is 89.5 Å². The Hall–Kier alpha value is -9.60. The molecule has 0 aromatic rings. The van der Waals surface area contributed by atoms with E-state index in [0.29, 0.717) is 45.4 Å². The number of unbranched alkanes of at least 4 members (excludes halogenated alkanes) is 3. The molecule has 0 aromatic heterocycles. The number of carbonyl (C=O) groups excluding carboxylic acids is 14. The molecule has 1 unspecified atom stereocenters. The number of amides is 10. The first-order valence-corrected chi connectivity index (χ1v) is 29.1. The van der Waals surface area contributed by atoms with Crippen LogP contribution in [0.5, 0.6) is 0 Å². The number of rotatable bonds is 46. The zero-order valence-corrected chi connectivity index (χ0v) is 54.8. The van der Waals surface area contributed by atoms with E-state index in [1.807, 2.05) is 0 Å². The maximum Gasteiger partial charge on any atom is 0.433 e. The van der Waals surface area contributed by atoms with Crippen LogP contribution in [0.3, 0.4) is 0 Å². The molecule has 0 bridgehead atoms. The van der Waals surface area contributed by atoms with Crippen molar-refractivity contribution in [3.63, 3.8) is 0 Å². The summed E-state index contributed by atoms with van der Waals surface area (Å²) in [5.41, 5.74) is 1.80. The molecule has 0 aliphatic heterocycles. The molecular weight excluding hydrogens is 1380 g/mol. The number of ether oxygens (including phenoxy) is 14. The monoisotopic (exact) mass is 1510 g/mol. The van der Waals surface area contributed by atoms with Crippen molar-refractivity contribution >= 4 is 85.7 Å². The Morgan fingerprint density at radius 1 is 0.359 bits per heavy atom. The van der Waals surface area contributed by atoms with Gasteiger partial charge in [-0.2, -0.15) is 10.4 Å². The summed E-state index contributed by atoms with van der Waals surface area (Å²) in [6.07, 6.45) is -4.99. The molecule has 0 saturated heterocycles. The molecule has 10 amide bonds. The van der Waals surface area contributed by atoms with Crippen LogP contribution in [0.1, 0.15) is 139 Å². The first-order valence-electron chi connectivity index (χ1n) is 29.1. The first-order chi connectivity index (χ1) is 45.9. The van der Waals surface area contributed by atoms with E-state index in [4.69, 9.17) is 52.2 Å². The van der Waals surface area contributed by atoms with Crippen LogP contribution in [0.4, 0.5) is 47.9 Å². The van der Waals surface area contributed by atoms with E-state index in [9.17, 15) is 62.3 Å². The first kappa shape index (κ1) is 126. The van der Waals surface area contributed by atoms with Gasteiger partial charge < -0.3 is 118 Å². The summed E-state index contributed by atoms with van der Waals surface area (Å²) in [6, 6.07) is 0. The largest absolute Gasteiger partial charge is 0.450 e. The molecule has 0 aliphatic rings. The Bertz CT molecular complexity index is 1990. The van der Waals surface area contributed by atoms with Crippen LogP contribution in [-0.2, 0) is 95.4 Å². The van der Waals surface area contributed by atoms with Gasteiger partial charge in [-0.05, 0) is 67.4 Å². The highest BCUT2D eigenvalue weighted by Gasteiger charge is 2.19. The molecule has 0 aromatic carbocycles. The predicted octanol–water partition coefficient (Wildman–Crippen LogP) is 7.84. The highest BCUT2D eigenvalue weighted by molar-refractivity contribution is 5.71. The minimum absolute atomic E-state index is 0. The lowest BCUT2D eigenvalue weighted by Gasteiger charge is -2.18. The molecule has 0 spiro atoms. The molecule has 1 atom stereocenters. The van der Waals surface area contributed by atoms with Crippen molar-refractivity contribution in [2.24, 2.45) is 0 Å². The van der Waals surface area contributed by atoms with Crippen molar-refractivity contribution in [2.75, 3.05) is 139 Å². The van der Waals surface area contributed by atoms with Crippen LogP contribution in [0.2, 0.25) is 0 Å². The highest BCUT2D eigenvalue weighted by Crippen LogP contribution is 2.03. The summed E-state index contributed by atoms with van der Waals surface area (Å²) >= 11 is 0. The smallest absolute Gasteiger partial charge is 0.433 e. The van der Waals surface area contributed by atoms with Crippen LogP contribution >= 0.6 is 0 Å². The maximum atomic E-state index is 11.8. The molecule has 40 nitrogen and oxygen atoms in total. The molecule has 0 heterocycles. The summed E-state index contributed by atoms with van der Waals surface area (Å²) in [5, 5.41) is 21.0. The Labute approximate surface area is 610 Å². The van der Waals surface area contributed by atoms with Gasteiger partial charge in [0.15, 0.2) is 6.73 Å². The molecule has 10 N–H and O–H groups in total. The fourth-order valence-corrected chi connectivity index (χ4v) is 4.96. The topological polar surface area (TPSA) is 507 Å². The summed E-state index contributed by atoms with van der Waals surface area (Å²) in [7, 11) is 0. The van der Waals surface area contributed by atoms with Gasteiger partial charge in [0.2, 0.25) is 0 Å². The average molecular weight is 1510 g/mol. The van der Waals surface area contributed by atoms with E-state index in [-0.39, 0.29) is 185 Å². The number of hydrogen-bond acceptors (Lipinski definition) is 30. The summed E-state index contributed by atoms with van der Waals surface area (Å²) < 4.78 is 69.6. The van der Waals surface area contributed by atoms with Gasteiger partial charge in [-0.3, -0.25) is 10.6 Å². The number of hydroxylamine groups is 1. The van der Waals surface area contributed by atoms with E-state index in [0.717, 1.165) is 18.9 Å². The second-order valence-corrected chi connectivity index (χ2v) is 15.9. The molecule has 103 heavy (non-hydrogen) atoms. The fraction of sp³-hybridized carbons (Fsp3) is 0.698. The number of nitrogens with one attached hydrogen (secondary N) is 10. The Kier molecular flexibility index (Phi) is 127. The van der Waals surface area contributed by atoms with Crippen LogP contribution in [0.15, 0.2) is 32.9 Å². The molecule has 0 aliphatic carbocycles. The van der Waals surface area contributed by atoms with Gasteiger partial charge in [-0.25, -0.2) is 52.7 Å². The van der Waals surface area contributed by atoms with Crippen molar-refractivity contribution < 1.29 is 143 Å². The zero-order valence-electron chi connectivity index (χ0n) is 54.8. The van der Waals surface area contributed by atoms with E-state index in [2.05, 4.69) is 110 Å². The molecular formula is C63H130N10O30. The molecule has 612 valence electrons. The summed E-state index contributed by atoms with van der Waals surface area (Å²) in [5.74, 6) is 1.25. The second-order valence-electron chi connectivity index (χ2n) is 15.9. The minimum atomic E-state index is -1.05. The fourth-order valence-electron chi connectivity index (χ4n) is 4.96. The van der Waals surface area contributed by atoms with Gasteiger partial charge >= 0.3 is 60.9 Å². The van der Waals surface area contributed by atoms with Gasteiger partial charge in [-0.1, -0.05) is 59.4 Å². The van der Waals surface area contributed by atoms with Crippen molar-refractivity contribution in [3.05, 3.63) is 32.9 Å². The van der Waals surface area contributed by atoms with E-state index >= 15 is 0 Å². The third kappa shape index (κ3) is 104. The Morgan fingerprint density at radius 3 is 0.893 bits per heavy atom. The summed E-state index contributed by atoms with van der Waals surface area (Å²) in [6.45, 7) is 25.2. The predicted molar refractivity (Wildman–Crippen MR) is 384 cm³/mol. The van der Waals surface area contributed by atoms with E-state index < -0.39 is 86.0 Å². The lowest BCUT2D eigenvalue weighted by molar-refractivity contribution is -0.329. The van der Waals surface area contributed by atoms with Gasteiger partial charge in [0.05, 0.1) is 46.4 Å². The lowest BCUT2D eigenvalue weighted by Crippen LogP contribution is -2.40. The molecule has 0 saturated carbocycles. The van der Waals surface area contributed by atoms with E-state index in [1.54, 1.807) is 47.0 Å². The van der Waals surface area contributed by atoms with Crippen molar-refractivity contribution in [2.45, 2.75) is 158 Å². The quantitative estimate of drug-likeness (QED) is 0.00405. The number of carbonyl (C=O) groups is 13. The van der Waals surface area contributed by atoms with Crippen molar-refractivity contribution in [1.29, 1.82) is 0 Å². The van der Waals surface area contributed by atoms with Gasteiger partial charge in [0, 0.05) is 58.7 Å². The standard InChI is InChI=1S/C19H34N4O13.C17H30N4O10.C13H24N2O6.C2H2O.2C2H4.8CH4/c1-3-30-17(26)21-13-29-10-7-20-16(25)33-11-15(32-9-6-5-8-24)12-34-19(28)23-36-35-14-22-18(27)31-4-2;1-3-27-14(23)18-11-20-16(25)30-9-13(29-8-6-5-7-22)10-31-17(26)21-12-19-15(24)28-4-2;1-3-14-12(17)20-9-11(19-8-6-5-7-16)10-21-13(18)15-4-2;1-2-3;2*1-2;;;;;;;;/h8,15H,3-7,9-14H2,1-2H3,(H,20,25)(H,21,26)(H,22,27)(H,23,28);7,13H,3-6,8-12H2,1-2H3,(H,18,23)(H,19,24)(H,20,25)(H,21,26);7,11H,3-6,8-10H2,1-2H3,(H,14,17)(H,15,18);1H2;2*1-2H2;8*1H4. The SMILES string of the molecule is C.C.C.C.C.C.C.C.C=C.C=C.C=C=O.CCNC(=O)OCC(COC(=O)NCC)OCCCC=O.CCOC(=O)NCNC(=O)OCC(COC(=O)NCNC(=O)OCC)OCCCC=O.CCOC(=O)NCOCCNC(=O)OCC(COC(=O)NOOCNC(=O)OCC)OCCCC=O. The number of hydrogen-bond donors (Lipinski definition) is 10. The average Bonchev–Trinajstić information content (AvgIpc) is 1.05. The minimum Gasteiger partial charge on any atom is -0.450 e. The maximum absolute atomic E-state index is 11.8. The number of alkyl carbamates (subject to hydrolysis) is 9. The second kappa shape index (κ2) is 103. The third-order valence-corrected chi connectivity index (χ3v) is 8.83. The van der Waals surface area contributed by atoms with Crippen LogP contribution < -0.4 is 53.3 Å². The van der Waals surface area contributed by atoms with Crippen LogP contribution in [0, 0.1) is 0 Å². The Morgan fingerprint density at radius 2 is 0.612 bits per heavy atom.